The molecule has 0 aromatic heterocycles. The maximum atomic E-state index is 12.9. The number of nitriles is 1. The Morgan fingerprint density at radius 1 is 1.42 bits per heavy atom. The second kappa shape index (κ2) is 6.50. The fourth-order valence-corrected chi connectivity index (χ4v) is 4.16. The van der Waals surface area contributed by atoms with Crippen molar-refractivity contribution in [1.82, 2.24) is 0 Å². The smallest absolute Gasteiger partial charge is 0.205 e. The Morgan fingerprint density at radius 3 is 2.73 bits per heavy atom. The Morgan fingerprint density at radius 2 is 2.12 bits per heavy atom. The number of carbonyl (C=O) groups excluding carboxylic acids is 1. The largest absolute Gasteiger partial charge is 0.504 e. The number of methoxy groups -OCH3 is 1. The average molecular weight is 466 g/mol. The molecule has 0 saturated carbocycles. The molecular formula is C19H19IN2O4. The van der Waals surface area contributed by atoms with E-state index in [1.807, 2.05) is 36.4 Å². The van der Waals surface area contributed by atoms with Gasteiger partial charge in [-0.1, -0.05) is 13.8 Å². The van der Waals surface area contributed by atoms with Crippen molar-refractivity contribution >= 4 is 28.4 Å². The second-order valence-corrected chi connectivity index (χ2v) is 8.42. The number of ether oxygens (including phenoxy) is 2. The molecule has 0 amide bonds. The lowest BCUT2D eigenvalue weighted by atomic mass is 9.70. The first-order chi connectivity index (χ1) is 12.2. The molecule has 0 spiro atoms. The number of hydrogen-bond donors (Lipinski definition) is 2. The number of phenols is 1. The zero-order chi connectivity index (χ0) is 19.2. The molecule has 3 N–H and O–H groups in total. The zero-order valence-electron chi connectivity index (χ0n) is 14.7. The highest BCUT2D eigenvalue weighted by Crippen LogP contribution is 2.49. The molecule has 1 aromatic carbocycles. The summed E-state index contributed by atoms with van der Waals surface area (Å²) in [6, 6.07) is 5.45. The molecular weight excluding hydrogens is 447 g/mol. The van der Waals surface area contributed by atoms with Gasteiger partial charge in [-0.15, -0.1) is 0 Å². The van der Waals surface area contributed by atoms with Gasteiger partial charge < -0.3 is 20.3 Å². The molecule has 6 nitrogen and oxygen atoms in total. The Hall–Kier alpha value is -2.21. The van der Waals surface area contributed by atoms with Crippen molar-refractivity contribution in [2.75, 3.05) is 7.11 Å². The second-order valence-electron chi connectivity index (χ2n) is 7.26. The van der Waals surface area contributed by atoms with E-state index in [1.165, 1.54) is 7.11 Å². The van der Waals surface area contributed by atoms with Crippen LogP contribution in [0, 0.1) is 20.3 Å². The van der Waals surface area contributed by atoms with Gasteiger partial charge in [0.1, 0.15) is 17.4 Å². The maximum absolute atomic E-state index is 12.9. The summed E-state index contributed by atoms with van der Waals surface area (Å²) in [7, 11) is 1.45. The van der Waals surface area contributed by atoms with Crippen LogP contribution in [0.25, 0.3) is 0 Å². The van der Waals surface area contributed by atoms with E-state index in [9.17, 15) is 15.2 Å². The van der Waals surface area contributed by atoms with Crippen LogP contribution in [-0.2, 0) is 9.53 Å². The van der Waals surface area contributed by atoms with Crippen LogP contribution in [0.5, 0.6) is 11.5 Å². The quantitative estimate of drug-likeness (QED) is 0.647. The minimum Gasteiger partial charge on any atom is -0.504 e. The summed E-state index contributed by atoms with van der Waals surface area (Å²) in [4.78, 5) is 12.9. The number of Topliss-reactive ketones (excluding diaryl/α,β-unsaturated/α-hetero) is 1. The number of hydrogen-bond acceptors (Lipinski definition) is 6. The molecule has 1 aliphatic heterocycles. The number of carbonyl (C=O) groups is 1. The van der Waals surface area contributed by atoms with Crippen molar-refractivity contribution in [3.05, 3.63) is 44.1 Å². The van der Waals surface area contributed by atoms with Crippen LogP contribution in [-0.4, -0.2) is 18.0 Å². The Balaban J connectivity index is 2.24. The highest BCUT2D eigenvalue weighted by atomic mass is 127. The van der Waals surface area contributed by atoms with Crippen LogP contribution < -0.4 is 10.5 Å². The Bertz CT molecular complexity index is 909. The third-order valence-electron chi connectivity index (χ3n) is 4.68. The van der Waals surface area contributed by atoms with Gasteiger partial charge in [-0.25, -0.2) is 0 Å². The van der Waals surface area contributed by atoms with Crippen molar-refractivity contribution < 1.29 is 19.4 Å². The summed E-state index contributed by atoms with van der Waals surface area (Å²) >= 11 is 1.99. The number of nitrogens with zero attached hydrogens (tertiary/aromatic N) is 1. The Labute approximate surface area is 165 Å². The molecule has 1 heterocycles. The molecule has 0 fully saturated rings. The molecule has 0 bridgehead atoms. The van der Waals surface area contributed by atoms with Gasteiger partial charge in [-0.05, 0) is 45.7 Å². The van der Waals surface area contributed by atoms with Gasteiger partial charge in [0.2, 0.25) is 5.88 Å². The van der Waals surface area contributed by atoms with Crippen molar-refractivity contribution in [2.24, 2.45) is 11.1 Å². The molecule has 0 unspecified atom stereocenters. The summed E-state index contributed by atoms with van der Waals surface area (Å²) < 4.78 is 11.5. The van der Waals surface area contributed by atoms with E-state index < -0.39 is 5.92 Å². The SMILES string of the molecule is COc1cc([C@H]2C(C#N)=C(N)OC3=C2C(=O)CC(C)(C)C3)cc(I)c1O. The number of nitrogens with two attached hydrogens (primary N) is 1. The van der Waals surface area contributed by atoms with Crippen LogP contribution in [0.2, 0.25) is 0 Å². The van der Waals surface area contributed by atoms with Gasteiger partial charge in [0.25, 0.3) is 0 Å². The van der Waals surface area contributed by atoms with Gasteiger partial charge in [0.05, 0.1) is 16.6 Å². The van der Waals surface area contributed by atoms with Crippen molar-refractivity contribution in [3.63, 3.8) is 0 Å². The molecule has 3 rings (SSSR count). The van der Waals surface area contributed by atoms with Gasteiger partial charge in [-0.2, -0.15) is 5.26 Å². The lowest BCUT2D eigenvalue weighted by Crippen LogP contribution is -2.33. The summed E-state index contributed by atoms with van der Waals surface area (Å²) in [6.07, 6.45) is 0.937. The number of allylic oxidation sites excluding steroid dienone is 3. The van der Waals surface area contributed by atoms with Crippen molar-refractivity contribution in [3.8, 4) is 17.6 Å². The third kappa shape index (κ3) is 3.03. The summed E-state index contributed by atoms with van der Waals surface area (Å²) in [6.45, 7) is 4.00. The summed E-state index contributed by atoms with van der Waals surface area (Å²) in [5, 5.41) is 19.7. The van der Waals surface area contributed by atoms with Gasteiger partial charge >= 0.3 is 0 Å². The van der Waals surface area contributed by atoms with E-state index in [0.29, 0.717) is 33.3 Å². The first kappa shape index (κ1) is 18.6. The molecule has 1 aromatic rings. The predicted octanol–water partition coefficient (Wildman–Crippen LogP) is 3.46. The monoisotopic (exact) mass is 466 g/mol. The molecule has 0 radical (unpaired) electrons. The standard InChI is InChI=1S/C19H19IN2O4/c1-19(2)6-12(23)16-14(7-19)26-18(22)10(8-21)15(16)9-4-11(20)17(24)13(5-9)25-3/h4-5,15,24H,6-7,22H2,1-3H3/t15-/m0/s1. The number of ketones is 1. The number of phenolic OH excluding ortho intramolecular Hbond substituents is 1. The van der Waals surface area contributed by atoms with Gasteiger partial charge in [-0.3, -0.25) is 4.79 Å². The molecule has 7 heteroatoms. The first-order valence-corrected chi connectivity index (χ1v) is 9.16. The summed E-state index contributed by atoms with van der Waals surface area (Å²) in [5.74, 6) is 0.155. The van der Waals surface area contributed by atoms with Crippen LogP contribution in [0.3, 0.4) is 0 Å². The van der Waals surface area contributed by atoms with Gasteiger partial charge in [0, 0.05) is 18.4 Å². The average Bonchev–Trinajstić information content (AvgIpc) is 2.54. The molecule has 0 saturated heterocycles. The molecule has 26 heavy (non-hydrogen) atoms. The van der Waals surface area contributed by atoms with E-state index in [2.05, 4.69) is 6.07 Å². The Kier molecular flexibility index (Phi) is 4.65. The fourth-order valence-electron chi connectivity index (χ4n) is 3.53. The molecule has 1 atom stereocenters. The van der Waals surface area contributed by atoms with Crippen LogP contribution >= 0.6 is 22.6 Å². The van der Waals surface area contributed by atoms with E-state index >= 15 is 0 Å². The zero-order valence-corrected chi connectivity index (χ0v) is 16.9. The fraction of sp³-hybridized carbons (Fsp3) is 0.368. The number of benzene rings is 1. The van der Waals surface area contributed by atoms with E-state index in [1.54, 1.807) is 12.1 Å². The molecule has 136 valence electrons. The lowest BCUT2D eigenvalue weighted by Gasteiger charge is -2.37. The van der Waals surface area contributed by atoms with Crippen molar-refractivity contribution in [2.45, 2.75) is 32.6 Å². The van der Waals surface area contributed by atoms with Crippen molar-refractivity contribution in [1.29, 1.82) is 5.26 Å². The summed E-state index contributed by atoms with van der Waals surface area (Å²) in [5.41, 5.74) is 7.10. The number of rotatable bonds is 2. The highest BCUT2D eigenvalue weighted by Gasteiger charge is 2.43. The third-order valence-corrected chi connectivity index (χ3v) is 5.50. The first-order valence-electron chi connectivity index (χ1n) is 8.08. The molecule has 1 aliphatic carbocycles. The van der Waals surface area contributed by atoms with Gasteiger partial charge in [0.15, 0.2) is 17.3 Å². The van der Waals surface area contributed by atoms with Crippen LogP contribution in [0.4, 0.5) is 0 Å². The van der Waals surface area contributed by atoms with Crippen LogP contribution in [0.15, 0.2) is 34.9 Å². The van der Waals surface area contributed by atoms with E-state index in [-0.39, 0.29) is 34.2 Å². The minimum atomic E-state index is -0.629. The normalized spacial score (nSPS) is 21.8. The van der Waals surface area contributed by atoms with E-state index in [4.69, 9.17) is 15.2 Å². The lowest BCUT2D eigenvalue weighted by molar-refractivity contribution is -0.119. The highest BCUT2D eigenvalue weighted by molar-refractivity contribution is 14.1. The number of aromatic hydroxyl groups is 1. The molecule has 2 aliphatic rings. The maximum Gasteiger partial charge on any atom is 0.205 e. The van der Waals surface area contributed by atoms with Crippen LogP contribution in [0.1, 0.15) is 38.2 Å². The van der Waals surface area contributed by atoms with E-state index in [0.717, 1.165) is 0 Å². The minimum absolute atomic E-state index is 0.0174. The topological polar surface area (TPSA) is 106 Å². The predicted molar refractivity (Wildman–Crippen MR) is 103 cm³/mol. The number of halogens is 1.